The van der Waals surface area contributed by atoms with E-state index in [1.165, 1.54) is 0 Å². The lowest BCUT2D eigenvalue weighted by Crippen LogP contribution is -2.33. The van der Waals surface area contributed by atoms with Crippen molar-refractivity contribution in [1.82, 2.24) is 4.90 Å². The van der Waals surface area contributed by atoms with Crippen molar-refractivity contribution in [2.24, 2.45) is 0 Å². The first kappa shape index (κ1) is 14.4. The predicted molar refractivity (Wildman–Crippen MR) is 75.0 cm³/mol. The summed E-state index contributed by atoms with van der Waals surface area (Å²) in [5.74, 6) is -0.124. The second-order valence-corrected chi connectivity index (χ2v) is 5.25. The Balaban J connectivity index is 2.95. The van der Waals surface area contributed by atoms with Crippen LogP contribution in [0, 0.1) is 0 Å². The van der Waals surface area contributed by atoms with E-state index < -0.39 is 0 Å². The Morgan fingerprint density at radius 2 is 1.94 bits per heavy atom. The highest BCUT2D eigenvalue weighted by Crippen LogP contribution is 2.21. The van der Waals surface area contributed by atoms with Crippen molar-refractivity contribution < 1.29 is 9.90 Å². The lowest BCUT2D eigenvalue weighted by molar-refractivity contribution is 0.0742. The fraction of sp³-hybridized carbons (Fsp3) is 0.250. The van der Waals surface area contributed by atoms with E-state index in [2.05, 4.69) is 38.4 Å². The molecule has 0 aliphatic carbocycles. The predicted octanol–water partition coefficient (Wildman–Crippen LogP) is 2.83. The number of aliphatic hydroxyl groups is 1. The van der Waals surface area contributed by atoms with Crippen LogP contribution in [0.1, 0.15) is 10.4 Å². The fourth-order valence-corrected chi connectivity index (χ4v) is 2.71. The molecule has 0 bridgehead atoms. The summed E-state index contributed by atoms with van der Waals surface area (Å²) < 4.78 is 1.66. The summed E-state index contributed by atoms with van der Waals surface area (Å²) in [7, 11) is 0. The molecule has 0 unspecified atom stereocenters. The van der Waals surface area contributed by atoms with Crippen LogP contribution in [0.4, 0.5) is 0 Å². The summed E-state index contributed by atoms with van der Waals surface area (Å²) in [5.41, 5.74) is 0.571. The standard InChI is InChI=1S/C12H13Br2NO2/c1-2-3-15(4-5-16)12(17)9-6-10(13)8-11(14)7-9/h2,6-8,16H,1,3-5H2. The topological polar surface area (TPSA) is 40.5 Å². The number of benzene rings is 1. The Morgan fingerprint density at radius 1 is 1.35 bits per heavy atom. The van der Waals surface area contributed by atoms with Crippen molar-refractivity contribution in [3.05, 3.63) is 45.4 Å². The highest BCUT2D eigenvalue weighted by atomic mass is 79.9. The van der Waals surface area contributed by atoms with Crippen LogP contribution in [0.5, 0.6) is 0 Å². The SMILES string of the molecule is C=CCN(CCO)C(=O)c1cc(Br)cc(Br)c1. The molecule has 1 aromatic carbocycles. The zero-order valence-corrected chi connectivity index (χ0v) is 12.4. The van der Waals surface area contributed by atoms with Gasteiger partial charge in [0.05, 0.1) is 6.61 Å². The van der Waals surface area contributed by atoms with Gasteiger partial charge in [0.1, 0.15) is 0 Å². The van der Waals surface area contributed by atoms with E-state index in [-0.39, 0.29) is 12.5 Å². The van der Waals surface area contributed by atoms with Crippen molar-refractivity contribution in [1.29, 1.82) is 0 Å². The van der Waals surface area contributed by atoms with Gasteiger partial charge in [-0.1, -0.05) is 37.9 Å². The third-order valence-corrected chi connectivity index (χ3v) is 3.03. The normalized spacial score (nSPS) is 10.1. The van der Waals surface area contributed by atoms with Gasteiger partial charge in [-0.25, -0.2) is 0 Å². The van der Waals surface area contributed by atoms with Gasteiger partial charge in [0.2, 0.25) is 0 Å². The molecule has 1 amide bonds. The van der Waals surface area contributed by atoms with E-state index in [1.807, 2.05) is 6.07 Å². The molecule has 0 aromatic heterocycles. The van der Waals surface area contributed by atoms with Gasteiger partial charge in [-0.05, 0) is 18.2 Å². The quantitative estimate of drug-likeness (QED) is 0.818. The smallest absolute Gasteiger partial charge is 0.254 e. The van der Waals surface area contributed by atoms with E-state index in [0.29, 0.717) is 18.7 Å². The first-order chi connectivity index (χ1) is 8.08. The third-order valence-electron chi connectivity index (χ3n) is 2.12. The van der Waals surface area contributed by atoms with Gasteiger partial charge < -0.3 is 10.0 Å². The van der Waals surface area contributed by atoms with E-state index in [0.717, 1.165) is 8.95 Å². The second-order valence-electron chi connectivity index (χ2n) is 3.42. The van der Waals surface area contributed by atoms with Gasteiger partial charge in [0, 0.05) is 27.6 Å². The molecule has 3 nitrogen and oxygen atoms in total. The maximum atomic E-state index is 12.2. The number of halogens is 2. The lowest BCUT2D eigenvalue weighted by atomic mass is 10.2. The maximum Gasteiger partial charge on any atom is 0.254 e. The minimum Gasteiger partial charge on any atom is -0.395 e. The van der Waals surface area contributed by atoms with E-state index in [1.54, 1.807) is 23.1 Å². The Labute approximate surface area is 117 Å². The van der Waals surface area contributed by atoms with Crippen LogP contribution in [0.2, 0.25) is 0 Å². The van der Waals surface area contributed by atoms with Crippen LogP contribution in [-0.4, -0.2) is 35.6 Å². The molecule has 1 rings (SSSR count). The Kier molecular flexibility index (Phi) is 5.88. The average molecular weight is 363 g/mol. The van der Waals surface area contributed by atoms with Crippen molar-refractivity contribution in [3.63, 3.8) is 0 Å². The molecular weight excluding hydrogens is 350 g/mol. The number of carbonyl (C=O) groups excluding carboxylic acids is 1. The van der Waals surface area contributed by atoms with Gasteiger partial charge >= 0.3 is 0 Å². The summed E-state index contributed by atoms with van der Waals surface area (Å²) in [6.45, 7) is 4.26. The van der Waals surface area contributed by atoms with Crippen LogP contribution < -0.4 is 0 Å². The summed E-state index contributed by atoms with van der Waals surface area (Å²) in [6, 6.07) is 5.36. The molecule has 0 aliphatic rings. The monoisotopic (exact) mass is 361 g/mol. The fourth-order valence-electron chi connectivity index (χ4n) is 1.41. The Morgan fingerprint density at radius 3 is 2.41 bits per heavy atom. The molecule has 0 fully saturated rings. The molecule has 17 heavy (non-hydrogen) atoms. The van der Waals surface area contributed by atoms with Gasteiger partial charge in [-0.2, -0.15) is 0 Å². The van der Waals surface area contributed by atoms with Crippen LogP contribution in [0.15, 0.2) is 39.8 Å². The maximum absolute atomic E-state index is 12.2. The van der Waals surface area contributed by atoms with Crippen LogP contribution in [-0.2, 0) is 0 Å². The minimum atomic E-state index is -0.124. The minimum absolute atomic E-state index is 0.0608. The summed E-state index contributed by atoms with van der Waals surface area (Å²) in [5, 5.41) is 8.92. The molecule has 0 radical (unpaired) electrons. The summed E-state index contributed by atoms with van der Waals surface area (Å²) in [6.07, 6.45) is 1.64. The number of hydrogen-bond donors (Lipinski definition) is 1. The van der Waals surface area contributed by atoms with Gasteiger partial charge in [0.15, 0.2) is 0 Å². The van der Waals surface area contributed by atoms with Crippen molar-refractivity contribution >= 4 is 37.8 Å². The average Bonchev–Trinajstić information content (AvgIpc) is 2.26. The van der Waals surface area contributed by atoms with Crippen molar-refractivity contribution in [2.75, 3.05) is 19.7 Å². The number of carbonyl (C=O) groups is 1. The molecule has 92 valence electrons. The molecule has 0 heterocycles. The molecule has 0 spiro atoms. The molecule has 0 atom stereocenters. The summed E-state index contributed by atoms with van der Waals surface area (Å²) in [4.78, 5) is 13.7. The van der Waals surface area contributed by atoms with Crippen LogP contribution >= 0.6 is 31.9 Å². The Hall–Kier alpha value is -0.650. The van der Waals surface area contributed by atoms with Gasteiger partial charge in [-0.15, -0.1) is 6.58 Å². The van der Waals surface area contributed by atoms with Crippen LogP contribution in [0.3, 0.4) is 0 Å². The number of amides is 1. The van der Waals surface area contributed by atoms with E-state index >= 15 is 0 Å². The number of nitrogens with zero attached hydrogens (tertiary/aromatic N) is 1. The second kappa shape index (κ2) is 6.93. The van der Waals surface area contributed by atoms with Crippen LogP contribution in [0.25, 0.3) is 0 Å². The largest absolute Gasteiger partial charge is 0.395 e. The molecule has 5 heteroatoms. The highest BCUT2D eigenvalue weighted by molar-refractivity contribution is 9.11. The first-order valence-electron chi connectivity index (χ1n) is 5.05. The lowest BCUT2D eigenvalue weighted by Gasteiger charge is -2.20. The first-order valence-corrected chi connectivity index (χ1v) is 6.64. The van der Waals surface area contributed by atoms with E-state index in [9.17, 15) is 4.79 Å². The summed E-state index contributed by atoms with van der Waals surface area (Å²) >= 11 is 6.68. The van der Waals surface area contributed by atoms with Gasteiger partial charge in [-0.3, -0.25) is 4.79 Å². The molecular formula is C12H13Br2NO2. The molecule has 1 N–H and O–H groups in total. The van der Waals surface area contributed by atoms with E-state index in [4.69, 9.17) is 5.11 Å². The van der Waals surface area contributed by atoms with Gasteiger partial charge in [0.25, 0.3) is 5.91 Å². The number of aliphatic hydroxyl groups excluding tert-OH is 1. The van der Waals surface area contributed by atoms with Crippen molar-refractivity contribution in [3.8, 4) is 0 Å². The zero-order valence-electron chi connectivity index (χ0n) is 9.20. The molecule has 0 saturated heterocycles. The van der Waals surface area contributed by atoms with Crippen molar-refractivity contribution in [2.45, 2.75) is 0 Å². The number of rotatable bonds is 5. The third kappa shape index (κ3) is 4.26. The molecule has 1 aromatic rings. The zero-order chi connectivity index (χ0) is 12.8. The number of hydrogen-bond acceptors (Lipinski definition) is 2. The Bertz CT molecular complexity index is 401. The molecule has 0 aliphatic heterocycles. The molecule has 0 saturated carbocycles. The highest BCUT2D eigenvalue weighted by Gasteiger charge is 2.14.